The molecule has 0 radical (unpaired) electrons. The summed E-state index contributed by atoms with van der Waals surface area (Å²) in [7, 11) is 2.00. The molecule has 126 valence electrons. The van der Waals surface area contributed by atoms with Gasteiger partial charge in [-0.25, -0.2) is 0 Å². The van der Waals surface area contributed by atoms with Gasteiger partial charge in [0.2, 0.25) is 0 Å². The summed E-state index contributed by atoms with van der Waals surface area (Å²) in [5, 5.41) is 7.00. The maximum Gasteiger partial charge on any atom is 0.0985 e. The summed E-state index contributed by atoms with van der Waals surface area (Å²) in [5.41, 5.74) is 4.46. The van der Waals surface area contributed by atoms with Crippen LogP contribution in [0.3, 0.4) is 0 Å². The minimum absolute atomic E-state index is 0.228. The number of fused-ring (bicyclic) bond motifs is 1. The van der Waals surface area contributed by atoms with Crippen molar-refractivity contribution in [2.75, 3.05) is 7.05 Å². The molecule has 1 atom stereocenters. The lowest BCUT2D eigenvalue weighted by Crippen LogP contribution is -2.48. The van der Waals surface area contributed by atoms with E-state index in [1.807, 2.05) is 30.4 Å². The second kappa shape index (κ2) is 5.74. The molecular formula is C21H21N3S. The third kappa shape index (κ3) is 2.63. The van der Waals surface area contributed by atoms with E-state index in [9.17, 15) is 0 Å². The predicted molar refractivity (Wildman–Crippen MR) is 106 cm³/mol. The van der Waals surface area contributed by atoms with Crippen molar-refractivity contribution in [1.29, 1.82) is 0 Å². The quantitative estimate of drug-likeness (QED) is 0.700. The Kier molecular flexibility index (Phi) is 3.65. The van der Waals surface area contributed by atoms with Crippen molar-refractivity contribution in [1.82, 2.24) is 15.2 Å². The molecule has 1 saturated heterocycles. The number of nitrogens with zero attached hydrogens (tertiary/aromatic N) is 2. The van der Waals surface area contributed by atoms with E-state index in [2.05, 4.69) is 60.0 Å². The molecule has 4 heteroatoms. The number of pyridine rings is 1. The first-order valence-corrected chi connectivity index (χ1v) is 9.17. The van der Waals surface area contributed by atoms with E-state index in [1.165, 1.54) is 21.2 Å². The topological polar surface area (TPSA) is 28.2 Å². The number of thiophene rings is 1. The highest BCUT2D eigenvalue weighted by Crippen LogP contribution is 2.40. The minimum Gasteiger partial charge on any atom is -0.362 e. The van der Waals surface area contributed by atoms with Gasteiger partial charge in [-0.05, 0) is 47.5 Å². The van der Waals surface area contributed by atoms with Gasteiger partial charge in [-0.15, -0.1) is 11.3 Å². The fourth-order valence-electron chi connectivity index (χ4n) is 3.48. The average Bonchev–Trinajstić information content (AvgIpc) is 3.08. The van der Waals surface area contributed by atoms with E-state index in [-0.39, 0.29) is 5.54 Å². The van der Waals surface area contributed by atoms with Gasteiger partial charge in [-0.1, -0.05) is 19.2 Å². The summed E-state index contributed by atoms with van der Waals surface area (Å²) in [4.78, 5) is 6.32. The molecule has 3 nitrogen and oxygen atoms in total. The Morgan fingerprint density at radius 2 is 2.12 bits per heavy atom. The smallest absolute Gasteiger partial charge is 0.0985 e. The highest BCUT2D eigenvalue weighted by molar-refractivity contribution is 7.17. The van der Waals surface area contributed by atoms with Gasteiger partial charge in [0.15, 0.2) is 0 Å². The molecule has 1 N–H and O–H groups in total. The Balaban J connectivity index is 1.89. The second-order valence-electron chi connectivity index (χ2n) is 6.81. The van der Waals surface area contributed by atoms with Crippen molar-refractivity contribution >= 4 is 21.4 Å². The average molecular weight is 347 g/mol. The van der Waals surface area contributed by atoms with Gasteiger partial charge in [-0.3, -0.25) is 4.98 Å². The van der Waals surface area contributed by atoms with Crippen LogP contribution in [0.15, 0.2) is 72.8 Å². The maximum absolute atomic E-state index is 4.30. The SMILES string of the molecule is C=C1C[C@@](C)(c2cc(-c3cccnc3)c3sccc3c2)NC(=C)N1C. The van der Waals surface area contributed by atoms with Crippen LogP contribution in [0.25, 0.3) is 21.2 Å². The van der Waals surface area contributed by atoms with Crippen LogP contribution in [0, 0.1) is 0 Å². The van der Waals surface area contributed by atoms with Crippen LogP contribution in [0.1, 0.15) is 18.9 Å². The predicted octanol–water partition coefficient (Wildman–Crippen LogP) is 5.09. The summed E-state index contributed by atoms with van der Waals surface area (Å²) >= 11 is 1.77. The molecule has 0 amide bonds. The molecule has 1 aromatic carbocycles. The zero-order valence-corrected chi connectivity index (χ0v) is 15.4. The molecule has 1 aliphatic heterocycles. The third-order valence-corrected chi connectivity index (χ3v) is 5.98. The Morgan fingerprint density at radius 1 is 1.28 bits per heavy atom. The summed E-state index contributed by atoms with van der Waals surface area (Å²) in [6, 6.07) is 10.9. The van der Waals surface area contributed by atoms with Crippen molar-refractivity contribution in [2.45, 2.75) is 18.9 Å². The molecule has 1 fully saturated rings. The lowest BCUT2D eigenvalue weighted by molar-refractivity contribution is 0.269. The van der Waals surface area contributed by atoms with Crippen LogP contribution in [0.4, 0.5) is 0 Å². The van der Waals surface area contributed by atoms with Crippen LogP contribution in [-0.2, 0) is 5.54 Å². The van der Waals surface area contributed by atoms with Crippen LogP contribution in [0.5, 0.6) is 0 Å². The fraction of sp³-hybridized carbons (Fsp3) is 0.190. The third-order valence-electron chi connectivity index (χ3n) is 5.02. The summed E-state index contributed by atoms with van der Waals surface area (Å²) in [6.45, 7) is 10.6. The van der Waals surface area contributed by atoms with Gasteiger partial charge >= 0.3 is 0 Å². The molecule has 1 aliphatic rings. The van der Waals surface area contributed by atoms with Gasteiger partial charge in [-0.2, -0.15) is 0 Å². The number of hydrogen-bond acceptors (Lipinski definition) is 4. The van der Waals surface area contributed by atoms with E-state index in [0.717, 1.165) is 23.5 Å². The minimum atomic E-state index is -0.228. The van der Waals surface area contributed by atoms with Gasteiger partial charge in [0, 0.05) is 47.4 Å². The second-order valence-corrected chi connectivity index (χ2v) is 7.73. The molecule has 0 spiro atoms. The number of benzene rings is 1. The Morgan fingerprint density at radius 3 is 2.84 bits per heavy atom. The van der Waals surface area contributed by atoms with Crippen molar-refractivity contribution in [2.24, 2.45) is 0 Å². The molecule has 0 unspecified atom stereocenters. The van der Waals surface area contributed by atoms with Crippen LogP contribution in [-0.4, -0.2) is 16.9 Å². The van der Waals surface area contributed by atoms with Gasteiger partial charge in [0.1, 0.15) is 0 Å². The molecule has 0 bridgehead atoms. The molecule has 3 heterocycles. The molecule has 3 aromatic rings. The van der Waals surface area contributed by atoms with Crippen LogP contribution < -0.4 is 5.32 Å². The molecule has 2 aromatic heterocycles. The van der Waals surface area contributed by atoms with E-state index in [0.29, 0.717) is 0 Å². The van der Waals surface area contributed by atoms with E-state index < -0.39 is 0 Å². The molecule has 0 saturated carbocycles. The van der Waals surface area contributed by atoms with E-state index in [1.54, 1.807) is 11.3 Å². The number of hydrogen-bond donors (Lipinski definition) is 1. The summed E-state index contributed by atoms with van der Waals surface area (Å²) < 4.78 is 1.30. The van der Waals surface area contributed by atoms with Crippen molar-refractivity contribution < 1.29 is 0 Å². The summed E-state index contributed by atoms with van der Waals surface area (Å²) in [5.74, 6) is 0.882. The molecule has 0 aliphatic carbocycles. The Bertz CT molecular complexity index is 953. The molecular weight excluding hydrogens is 326 g/mol. The monoisotopic (exact) mass is 347 g/mol. The maximum atomic E-state index is 4.30. The van der Waals surface area contributed by atoms with Crippen LogP contribution in [0.2, 0.25) is 0 Å². The first-order chi connectivity index (χ1) is 12.0. The standard InChI is InChI=1S/C21H21N3S/c1-14-12-21(3,23-15(2)24(14)4)18-10-16-7-9-25-20(16)19(11-18)17-6-5-8-22-13-17/h5-11,13,23H,1-2,12H2,3-4H3/t21-/m0/s1. The number of aromatic nitrogens is 1. The number of nitrogens with one attached hydrogen (secondary N) is 1. The van der Waals surface area contributed by atoms with Gasteiger partial charge in [0.05, 0.1) is 11.4 Å². The summed E-state index contributed by atoms with van der Waals surface area (Å²) in [6.07, 6.45) is 4.58. The highest BCUT2D eigenvalue weighted by Gasteiger charge is 2.34. The van der Waals surface area contributed by atoms with Gasteiger partial charge < -0.3 is 10.2 Å². The largest absolute Gasteiger partial charge is 0.362 e. The normalized spacial score (nSPS) is 20.8. The molecule has 4 rings (SSSR count). The zero-order valence-electron chi connectivity index (χ0n) is 14.5. The lowest BCUT2D eigenvalue weighted by atomic mass is 9.83. The number of rotatable bonds is 2. The van der Waals surface area contributed by atoms with E-state index >= 15 is 0 Å². The fourth-order valence-corrected chi connectivity index (χ4v) is 4.39. The highest BCUT2D eigenvalue weighted by atomic mass is 32.1. The van der Waals surface area contributed by atoms with Crippen molar-refractivity contribution in [3.63, 3.8) is 0 Å². The first kappa shape index (κ1) is 15.9. The van der Waals surface area contributed by atoms with Crippen LogP contribution >= 0.6 is 11.3 Å². The van der Waals surface area contributed by atoms with E-state index in [4.69, 9.17) is 0 Å². The Labute approximate surface area is 152 Å². The lowest BCUT2D eigenvalue weighted by Gasteiger charge is -2.43. The first-order valence-electron chi connectivity index (χ1n) is 8.29. The van der Waals surface area contributed by atoms with Crippen molar-refractivity contribution in [3.8, 4) is 11.1 Å². The van der Waals surface area contributed by atoms with Crippen molar-refractivity contribution in [3.05, 3.63) is 78.3 Å². The van der Waals surface area contributed by atoms with Gasteiger partial charge in [0.25, 0.3) is 0 Å². The molecule has 25 heavy (non-hydrogen) atoms. The zero-order chi connectivity index (χ0) is 17.6. The Hall–Kier alpha value is -2.59.